The second-order valence-corrected chi connectivity index (χ2v) is 5.48. The number of rotatable bonds is 4. The monoisotopic (exact) mass is 245 g/mol. The van der Waals surface area contributed by atoms with Crippen LogP contribution in [0.25, 0.3) is 0 Å². The molecule has 0 radical (unpaired) electrons. The minimum Gasteiger partial charge on any atom is -0.378 e. The normalized spacial score (nSPS) is 12.7. The van der Waals surface area contributed by atoms with Crippen molar-refractivity contribution in [3.05, 3.63) is 52.2 Å². The lowest BCUT2D eigenvalue weighted by atomic mass is 9.99. The van der Waals surface area contributed by atoms with E-state index in [1.807, 2.05) is 0 Å². The van der Waals surface area contributed by atoms with Crippen LogP contribution in [-0.2, 0) is 0 Å². The van der Waals surface area contributed by atoms with Gasteiger partial charge in [-0.1, -0.05) is 38.1 Å². The minimum absolute atomic E-state index is 0.353. The molecule has 0 bridgehead atoms. The standard InChI is InChI=1S/C15H19NS/c1-11(2)13-4-6-14(7-5-13)12(3)16-15-8-9-17-10-15/h4-12,16H,1-3H3. The first-order chi connectivity index (χ1) is 8.16. The quantitative estimate of drug-likeness (QED) is 0.795. The van der Waals surface area contributed by atoms with Crippen molar-refractivity contribution < 1.29 is 0 Å². The van der Waals surface area contributed by atoms with E-state index >= 15 is 0 Å². The first-order valence-electron chi connectivity index (χ1n) is 6.05. The smallest absolute Gasteiger partial charge is 0.0485 e. The van der Waals surface area contributed by atoms with E-state index in [2.05, 4.69) is 67.2 Å². The topological polar surface area (TPSA) is 12.0 Å². The summed E-state index contributed by atoms with van der Waals surface area (Å²) >= 11 is 1.72. The summed E-state index contributed by atoms with van der Waals surface area (Å²) in [6, 6.07) is 11.4. The van der Waals surface area contributed by atoms with Crippen LogP contribution in [0.15, 0.2) is 41.1 Å². The molecule has 2 rings (SSSR count). The fourth-order valence-electron chi connectivity index (χ4n) is 1.85. The number of benzene rings is 1. The summed E-state index contributed by atoms with van der Waals surface area (Å²) < 4.78 is 0. The summed E-state index contributed by atoms with van der Waals surface area (Å²) in [7, 11) is 0. The lowest BCUT2D eigenvalue weighted by molar-refractivity contribution is 0.852. The maximum absolute atomic E-state index is 3.50. The van der Waals surface area contributed by atoms with Gasteiger partial charge in [0.25, 0.3) is 0 Å². The van der Waals surface area contributed by atoms with Gasteiger partial charge in [-0.2, -0.15) is 11.3 Å². The van der Waals surface area contributed by atoms with Crippen molar-refractivity contribution in [2.75, 3.05) is 5.32 Å². The van der Waals surface area contributed by atoms with Gasteiger partial charge in [0.1, 0.15) is 0 Å². The zero-order chi connectivity index (χ0) is 12.3. The van der Waals surface area contributed by atoms with Gasteiger partial charge in [-0.05, 0) is 35.4 Å². The summed E-state index contributed by atoms with van der Waals surface area (Å²) in [5, 5.41) is 7.73. The van der Waals surface area contributed by atoms with Crippen LogP contribution in [0.3, 0.4) is 0 Å². The Morgan fingerprint density at radius 2 is 1.59 bits per heavy atom. The predicted octanol–water partition coefficient (Wildman–Crippen LogP) is 5.04. The van der Waals surface area contributed by atoms with Crippen molar-refractivity contribution in [3.63, 3.8) is 0 Å². The lowest BCUT2D eigenvalue weighted by Gasteiger charge is -2.15. The van der Waals surface area contributed by atoms with Crippen molar-refractivity contribution in [1.29, 1.82) is 0 Å². The summed E-state index contributed by atoms with van der Waals surface area (Å²) in [5.41, 5.74) is 3.94. The van der Waals surface area contributed by atoms with Gasteiger partial charge >= 0.3 is 0 Å². The van der Waals surface area contributed by atoms with Crippen LogP contribution in [0.1, 0.15) is 43.9 Å². The molecule has 0 aliphatic rings. The van der Waals surface area contributed by atoms with Crippen LogP contribution >= 0.6 is 11.3 Å². The van der Waals surface area contributed by atoms with Gasteiger partial charge in [-0.15, -0.1) is 0 Å². The molecule has 1 unspecified atom stereocenters. The molecule has 0 aliphatic heterocycles. The predicted molar refractivity (Wildman–Crippen MR) is 76.9 cm³/mol. The second kappa shape index (κ2) is 5.37. The maximum atomic E-state index is 3.50. The van der Waals surface area contributed by atoms with Crippen molar-refractivity contribution in [2.45, 2.75) is 32.7 Å². The molecular weight excluding hydrogens is 226 g/mol. The number of anilines is 1. The van der Waals surface area contributed by atoms with Gasteiger partial charge < -0.3 is 5.32 Å². The molecule has 1 N–H and O–H groups in total. The summed E-state index contributed by atoms with van der Waals surface area (Å²) in [5.74, 6) is 0.601. The molecule has 0 saturated carbocycles. The molecule has 2 aromatic rings. The van der Waals surface area contributed by atoms with Crippen LogP contribution in [0.2, 0.25) is 0 Å². The zero-order valence-electron chi connectivity index (χ0n) is 10.6. The van der Waals surface area contributed by atoms with Gasteiger partial charge in [0.15, 0.2) is 0 Å². The molecule has 1 aromatic carbocycles. The van der Waals surface area contributed by atoms with Crippen LogP contribution in [-0.4, -0.2) is 0 Å². The van der Waals surface area contributed by atoms with E-state index in [-0.39, 0.29) is 0 Å². The number of hydrogen-bond acceptors (Lipinski definition) is 2. The van der Waals surface area contributed by atoms with Crippen LogP contribution in [0.5, 0.6) is 0 Å². The first kappa shape index (κ1) is 12.2. The highest BCUT2D eigenvalue weighted by Gasteiger charge is 2.06. The largest absolute Gasteiger partial charge is 0.378 e. The molecule has 1 nitrogen and oxygen atoms in total. The van der Waals surface area contributed by atoms with E-state index in [1.165, 1.54) is 16.8 Å². The van der Waals surface area contributed by atoms with Gasteiger partial charge in [0.05, 0.1) is 0 Å². The van der Waals surface area contributed by atoms with Gasteiger partial charge in [-0.3, -0.25) is 0 Å². The second-order valence-electron chi connectivity index (χ2n) is 4.70. The zero-order valence-corrected chi connectivity index (χ0v) is 11.4. The third kappa shape index (κ3) is 3.10. The number of hydrogen-bond donors (Lipinski definition) is 1. The Hall–Kier alpha value is -1.28. The Bertz CT molecular complexity index is 442. The molecule has 0 spiro atoms. The molecular formula is C15H19NS. The minimum atomic E-state index is 0.353. The Morgan fingerprint density at radius 3 is 2.12 bits per heavy atom. The highest BCUT2D eigenvalue weighted by Crippen LogP contribution is 2.23. The maximum Gasteiger partial charge on any atom is 0.0485 e. The molecule has 0 fully saturated rings. The molecule has 17 heavy (non-hydrogen) atoms. The summed E-state index contributed by atoms with van der Waals surface area (Å²) in [4.78, 5) is 0. The van der Waals surface area contributed by atoms with Crippen molar-refractivity contribution in [3.8, 4) is 0 Å². The van der Waals surface area contributed by atoms with Gasteiger partial charge in [-0.25, -0.2) is 0 Å². The van der Waals surface area contributed by atoms with E-state index in [9.17, 15) is 0 Å². The van der Waals surface area contributed by atoms with Gasteiger partial charge in [0, 0.05) is 17.1 Å². The average Bonchev–Trinajstić information content (AvgIpc) is 2.82. The number of nitrogens with one attached hydrogen (secondary N) is 1. The first-order valence-corrected chi connectivity index (χ1v) is 6.99. The van der Waals surface area contributed by atoms with Crippen LogP contribution in [0, 0.1) is 0 Å². The third-order valence-corrected chi connectivity index (χ3v) is 3.69. The fourth-order valence-corrected chi connectivity index (χ4v) is 2.45. The average molecular weight is 245 g/mol. The van der Waals surface area contributed by atoms with Crippen molar-refractivity contribution >= 4 is 17.0 Å². The Morgan fingerprint density at radius 1 is 0.941 bits per heavy atom. The van der Waals surface area contributed by atoms with E-state index in [1.54, 1.807) is 11.3 Å². The van der Waals surface area contributed by atoms with E-state index in [0.29, 0.717) is 12.0 Å². The summed E-state index contributed by atoms with van der Waals surface area (Å²) in [6.07, 6.45) is 0. The third-order valence-electron chi connectivity index (χ3n) is 3.01. The Labute approximate surface area is 108 Å². The van der Waals surface area contributed by atoms with E-state index in [4.69, 9.17) is 0 Å². The SMILES string of the molecule is CC(C)c1ccc(C(C)Nc2ccsc2)cc1. The molecule has 90 valence electrons. The van der Waals surface area contributed by atoms with Crippen LogP contribution < -0.4 is 5.32 Å². The molecule has 1 aromatic heterocycles. The van der Waals surface area contributed by atoms with Crippen LogP contribution in [0.4, 0.5) is 5.69 Å². The fraction of sp³-hybridized carbons (Fsp3) is 0.333. The highest BCUT2D eigenvalue weighted by molar-refractivity contribution is 7.08. The molecule has 0 aliphatic carbocycles. The van der Waals surface area contributed by atoms with E-state index in [0.717, 1.165) is 0 Å². The summed E-state index contributed by atoms with van der Waals surface area (Å²) in [6.45, 7) is 6.64. The molecule has 1 atom stereocenters. The number of thiophene rings is 1. The molecule has 1 heterocycles. The van der Waals surface area contributed by atoms with E-state index < -0.39 is 0 Å². The molecule has 2 heteroatoms. The van der Waals surface area contributed by atoms with Crippen molar-refractivity contribution in [1.82, 2.24) is 0 Å². The molecule has 0 amide bonds. The Balaban J connectivity index is 2.06. The van der Waals surface area contributed by atoms with Gasteiger partial charge in [0.2, 0.25) is 0 Å². The Kier molecular flexibility index (Phi) is 3.85. The van der Waals surface area contributed by atoms with Crippen molar-refractivity contribution in [2.24, 2.45) is 0 Å². The highest BCUT2D eigenvalue weighted by atomic mass is 32.1. The lowest BCUT2D eigenvalue weighted by Crippen LogP contribution is -2.05. The molecule has 0 saturated heterocycles.